The number of hydrogen-bond donors (Lipinski definition) is 3. The molecule has 166 valence electrons. The van der Waals surface area contributed by atoms with Crippen LogP contribution < -0.4 is 16.2 Å². The topological polar surface area (TPSA) is 130 Å². The van der Waals surface area contributed by atoms with E-state index in [0.29, 0.717) is 16.8 Å². The van der Waals surface area contributed by atoms with Crippen LogP contribution in [0.2, 0.25) is 0 Å². The van der Waals surface area contributed by atoms with E-state index in [1.165, 1.54) is 42.8 Å². The second-order valence-corrected chi connectivity index (χ2v) is 7.53. The fraction of sp³-hybridized carbons (Fsp3) is 0.261. The normalized spacial score (nSPS) is 14.0. The molecule has 3 rings (SSSR count). The lowest BCUT2D eigenvalue weighted by atomic mass is 9.88. The Balaban J connectivity index is 1.46. The lowest BCUT2D eigenvalue weighted by Gasteiger charge is -2.20. The highest BCUT2D eigenvalue weighted by Gasteiger charge is 2.21. The Hall–Kier alpha value is -4.01. The predicted octanol–water partition coefficient (Wildman–Crippen LogP) is 3.59. The summed E-state index contributed by atoms with van der Waals surface area (Å²) in [5.74, 6) is -1.02. The van der Waals surface area contributed by atoms with E-state index < -0.39 is 16.7 Å². The summed E-state index contributed by atoms with van der Waals surface area (Å²) in [7, 11) is 0. The molecule has 9 nitrogen and oxygen atoms in total. The van der Waals surface area contributed by atoms with Crippen LogP contribution in [-0.2, 0) is 9.59 Å². The van der Waals surface area contributed by atoms with E-state index in [9.17, 15) is 24.5 Å². The monoisotopic (exact) mass is 436 g/mol. The van der Waals surface area contributed by atoms with Gasteiger partial charge >= 0.3 is 0 Å². The summed E-state index contributed by atoms with van der Waals surface area (Å²) < 4.78 is 0. The van der Waals surface area contributed by atoms with Gasteiger partial charge in [0.2, 0.25) is 5.91 Å². The first-order chi connectivity index (χ1) is 15.4. The Bertz CT molecular complexity index is 1010. The lowest BCUT2D eigenvalue weighted by Crippen LogP contribution is -2.40. The fourth-order valence-corrected chi connectivity index (χ4v) is 3.43. The van der Waals surface area contributed by atoms with Crippen molar-refractivity contribution in [1.82, 2.24) is 10.9 Å². The number of nitrogens with zero attached hydrogens (tertiary/aromatic N) is 1. The molecule has 0 atom stereocenters. The molecule has 1 aliphatic rings. The SMILES string of the molecule is O=C(/C=C/c1ccc([N+](=O)[O-])cc1)NNC(=O)c1ccc(NC(=O)C2CCCCC2)cc1. The van der Waals surface area contributed by atoms with Crippen molar-refractivity contribution in [2.24, 2.45) is 5.92 Å². The number of carbonyl (C=O) groups is 3. The van der Waals surface area contributed by atoms with Gasteiger partial charge in [-0.1, -0.05) is 19.3 Å². The quantitative estimate of drug-likeness (QED) is 0.362. The molecule has 0 bridgehead atoms. The molecular weight excluding hydrogens is 412 g/mol. The number of carbonyl (C=O) groups excluding carboxylic acids is 3. The molecule has 9 heteroatoms. The minimum Gasteiger partial charge on any atom is -0.326 e. The molecule has 2 aromatic rings. The number of nitro benzene ring substituents is 1. The smallest absolute Gasteiger partial charge is 0.269 e. The Morgan fingerprint density at radius 1 is 0.906 bits per heavy atom. The zero-order valence-corrected chi connectivity index (χ0v) is 17.4. The molecule has 0 saturated heterocycles. The first-order valence-corrected chi connectivity index (χ1v) is 10.4. The van der Waals surface area contributed by atoms with Crippen LogP contribution in [0.4, 0.5) is 11.4 Å². The van der Waals surface area contributed by atoms with Crippen molar-refractivity contribution < 1.29 is 19.3 Å². The van der Waals surface area contributed by atoms with Crippen LogP contribution in [0.25, 0.3) is 6.08 Å². The van der Waals surface area contributed by atoms with Gasteiger partial charge in [-0.05, 0) is 60.9 Å². The number of hydrazine groups is 1. The predicted molar refractivity (Wildman–Crippen MR) is 119 cm³/mol. The fourth-order valence-electron chi connectivity index (χ4n) is 3.43. The lowest BCUT2D eigenvalue weighted by molar-refractivity contribution is -0.384. The van der Waals surface area contributed by atoms with E-state index in [1.807, 2.05) is 0 Å². The molecule has 0 spiro atoms. The average molecular weight is 436 g/mol. The van der Waals surface area contributed by atoms with E-state index in [2.05, 4.69) is 16.2 Å². The van der Waals surface area contributed by atoms with Crippen LogP contribution in [-0.4, -0.2) is 22.6 Å². The summed E-state index contributed by atoms with van der Waals surface area (Å²) in [4.78, 5) is 46.5. The Labute approximate surface area is 185 Å². The molecule has 32 heavy (non-hydrogen) atoms. The summed E-state index contributed by atoms with van der Waals surface area (Å²) in [6.45, 7) is 0. The highest BCUT2D eigenvalue weighted by Crippen LogP contribution is 2.25. The van der Waals surface area contributed by atoms with Crippen LogP contribution in [0.3, 0.4) is 0 Å². The number of benzene rings is 2. The van der Waals surface area contributed by atoms with Gasteiger partial charge in [-0.25, -0.2) is 0 Å². The standard InChI is InChI=1S/C23H24N4O5/c28-21(15-8-16-6-13-20(14-7-16)27(31)32)25-26-23(30)18-9-11-19(12-10-18)24-22(29)17-4-2-1-3-5-17/h6-15,17H,1-5H2,(H,24,29)(H,25,28)(H,26,30)/b15-8+. The second kappa shape index (κ2) is 10.9. The van der Waals surface area contributed by atoms with E-state index in [4.69, 9.17) is 0 Å². The molecule has 0 heterocycles. The maximum Gasteiger partial charge on any atom is 0.269 e. The molecule has 0 radical (unpaired) electrons. The van der Waals surface area contributed by atoms with Crippen molar-refractivity contribution in [3.8, 4) is 0 Å². The van der Waals surface area contributed by atoms with Gasteiger partial charge in [-0.3, -0.25) is 35.3 Å². The molecule has 1 aliphatic carbocycles. The second-order valence-electron chi connectivity index (χ2n) is 7.53. The first kappa shape index (κ1) is 22.7. The molecule has 0 unspecified atom stereocenters. The summed E-state index contributed by atoms with van der Waals surface area (Å²) in [5, 5.41) is 13.5. The van der Waals surface area contributed by atoms with E-state index in [1.54, 1.807) is 24.3 Å². The number of anilines is 1. The van der Waals surface area contributed by atoms with Crippen molar-refractivity contribution in [2.45, 2.75) is 32.1 Å². The van der Waals surface area contributed by atoms with Gasteiger partial charge in [0.1, 0.15) is 0 Å². The van der Waals surface area contributed by atoms with Crippen LogP contribution in [0.5, 0.6) is 0 Å². The van der Waals surface area contributed by atoms with Gasteiger partial charge in [-0.15, -0.1) is 0 Å². The molecule has 0 aromatic heterocycles. The maximum atomic E-state index is 12.3. The number of non-ortho nitro benzene ring substituents is 1. The van der Waals surface area contributed by atoms with Gasteiger partial charge in [0.25, 0.3) is 17.5 Å². The third-order valence-electron chi connectivity index (χ3n) is 5.22. The first-order valence-electron chi connectivity index (χ1n) is 10.4. The number of hydrogen-bond acceptors (Lipinski definition) is 5. The summed E-state index contributed by atoms with van der Waals surface area (Å²) in [6.07, 6.45) is 7.81. The molecule has 0 aliphatic heterocycles. The number of nitrogens with one attached hydrogen (secondary N) is 3. The molecular formula is C23H24N4O5. The zero-order chi connectivity index (χ0) is 22.9. The van der Waals surface area contributed by atoms with E-state index in [-0.39, 0.29) is 17.5 Å². The average Bonchev–Trinajstić information content (AvgIpc) is 2.82. The molecule has 3 N–H and O–H groups in total. The van der Waals surface area contributed by atoms with Crippen LogP contribution in [0, 0.1) is 16.0 Å². The van der Waals surface area contributed by atoms with Gasteiger partial charge in [0, 0.05) is 35.4 Å². The van der Waals surface area contributed by atoms with Crippen molar-refractivity contribution in [1.29, 1.82) is 0 Å². The van der Waals surface area contributed by atoms with Crippen molar-refractivity contribution in [2.75, 3.05) is 5.32 Å². The van der Waals surface area contributed by atoms with E-state index >= 15 is 0 Å². The summed E-state index contributed by atoms with van der Waals surface area (Å²) in [6, 6.07) is 12.1. The minimum atomic E-state index is -0.562. The Kier molecular flexibility index (Phi) is 7.69. The highest BCUT2D eigenvalue weighted by atomic mass is 16.6. The number of rotatable bonds is 6. The van der Waals surface area contributed by atoms with Gasteiger partial charge in [-0.2, -0.15) is 0 Å². The number of amides is 3. The third-order valence-corrected chi connectivity index (χ3v) is 5.22. The maximum absolute atomic E-state index is 12.3. The van der Waals surface area contributed by atoms with Crippen molar-refractivity contribution in [3.63, 3.8) is 0 Å². The minimum absolute atomic E-state index is 0.00831. The highest BCUT2D eigenvalue weighted by molar-refractivity contribution is 5.98. The van der Waals surface area contributed by atoms with Gasteiger partial charge in [0.15, 0.2) is 0 Å². The largest absolute Gasteiger partial charge is 0.326 e. The summed E-state index contributed by atoms with van der Waals surface area (Å²) >= 11 is 0. The molecule has 1 saturated carbocycles. The van der Waals surface area contributed by atoms with Crippen LogP contribution >= 0.6 is 0 Å². The van der Waals surface area contributed by atoms with Gasteiger partial charge in [0.05, 0.1) is 4.92 Å². The molecule has 3 amide bonds. The van der Waals surface area contributed by atoms with Crippen LogP contribution in [0.1, 0.15) is 48.0 Å². The van der Waals surface area contributed by atoms with Crippen LogP contribution in [0.15, 0.2) is 54.6 Å². The summed E-state index contributed by atoms with van der Waals surface area (Å²) in [5.41, 5.74) is 6.07. The van der Waals surface area contributed by atoms with Gasteiger partial charge < -0.3 is 5.32 Å². The van der Waals surface area contributed by atoms with Crippen molar-refractivity contribution in [3.05, 3.63) is 75.8 Å². The van der Waals surface area contributed by atoms with E-state index in [0.717, 1.165) is 25.7 Å². The number of nitro groups is 1. The Morgan fingerprint density at radius 2 is 1.56 bits per heavy atom. The molecule has 2 aromatic carbocycles. The zero-order valence-electron chi connectivity index (χ0n) is 17.4. The molecule has 1 fully saturated rings. The van der Waals surface area contributed by atoms with Crippen molar-refractivity contribution >= 4 is 35.2 Å². The third kappa shape index (κ3) is 6.49. The Morgan fingerprint density at radius 3 is 2.19 bits per heavy atom.